The molecule has 0 aliphatic heterocycles. The molecule has 1 unspecified atom stereocenters. The molecule has 0 saturated carbocycles. The summed E-state index contributed by atoms with van der Waals surface area (Å²) < 4.78 is 6.18. The number of hydrogen-bond donors (Lipinski definition) is 1. The topological polar surface area (TPSA) is 47.0 Å². The molecule has 0 fully saturated rings. The van der Waals surface area contributed by atoms with Gasteiger partial charge in [-0.15, -0.1) is 0 Å². The Morgan fingerprint density at radius 1 is 1.32 bits per heavy atom. The van der Waals surface area contributed by atoms with Gasteiger partial charge < -0.3 is 10.1 Å². The Hall–Kier alpha value is -1.62. The zero-order chi connectivity index (χ0) is 13.7. The Bertz CT molecular complexity index is 533. The second-order valence-corrected chi connectivity index (χ2v) is 4.91. The fourth-order valence-corrected chi connectivity index (χ4v) is 1.98. The molecule has 0 bridgehead atoms. The van der Waals surface area contributed by atoms with Gasteiger partial charge in [-0.1, -0.05) is 30.3 Å². The predicted octanol–water partition coefficient (Wildman–Crippen LogP) is 3.81. The quantitative estimate of drug-likeness (QED) is 0.909. The maximum absolute atomic E-state index is 5.43. The van der Waals surface area contributed by atoms with E-state index in [-0.39, 0.29) is 6.04 Å². The van der Waals surface area contributed by atoms with Crippen LogP contribution in [-0.4, -0.2) is 16.6 Å². The van der Waals surface area contributed by atoms with Crippen molar-refractivity contribution in [2.75, 3.05) is 11.9 Å². The molecule has 0 aliphatic rings. The summed E-state index contributed by atoms with van der Waals surface area (Å²) in [6.07, 6.45) is 1.69. The largest absolute Gasteiger partial charge is 0.477 e. The highest BCUT2D eigenvalue weighted by molar-refractivity contribution is 9.10. The highest BCUT2D eigenvalue weighted by Crippen LogP contribution is 2.24. The van der Waals surface area contributed by atoms with E-state index >= 15 is 0 Å². The van der Waals surface area contributed by atoms with Crippen molar-refractivity contribution >= 4 is 21.9 Å². The SMILES string of the molecule is CCOc1nc(NC(C)c2ccccc2)ncc1Br. The van der Waals surface area contributed by atoms with E-state index in [0.29, 0.717) is 18.4 Å². The Kier molecular flexibility index (Phi) is 4.74. The van der Waals surface area contributed by atoms with E-state index in [1.165, 1.54) is 5.56 Å². The van der Waals surface area contributed by atoms with E-state index < -0.39 is 0 Å². The van der Waals surface area contributed by atoms with Crippen LogP contribution in [0.25, 0.3) is 0 Å². The Balaban J connectivity index is 2.13. The van der Waals surface area contributed by atoms with Crippen LogP contribution in [0, 0.1) is 0 Å². The number of nitrogens with one attached hydrogen (secondary N) is 1. The van der Waals surface area contributed by atoms with Gasteiger partial charge in [-0.05, 0) is 35.3 Å². The van der Waals surface area contributed by atoms with Gasteiger partial charge in [0.05, 0.1) is 23.3 Å². The first kappa shape index (κ1) is 13.8. The van der Waals surface area contributed by atoms with Gasteiger partial charge in [0, 0.05) is 0 Å². The molecule has 0 radical (unpaired) electrons. The summed E-state index contributed by atoms with van der Waals surface area (Å²) in [4.78, 5) is 8.57. The normalized spacial score (nSPS) is 11.9. The number of halogens is 1. The predicted molar refractivity (Wildman–Crippen MR) is 79.4 cm³/mol. The van der Waals surface area contributed by atoms with Crippen LogP contribution in [0.5, 0.6) is 5.88 Å². The summed E-state index contributed by atoms with van der Waals surface area (Å²) in [6, 6.07) is 10.3. The average molecular weight is 322 g/mol. The molecule has 0 saturated heterocycles. The lowest BCUT2D eigenvalue weighted by molar-refractivity contribution is 0.324. The molecular weight excluding hydrogens is 306 g/mol. The monoisotopic (exact) mass is 321 g/mol. The van der Waals surface area contributed by atoms with Crippen LogP contribution in [0.3, 0.4) is 0 Å². The standard InChI is InChI=1S/C14H16BrN3O/c1-3-19-13-12(15)9-16-14(18-13)17-10(2)11-7-5-4-6-8-11/h4-10H,3H2,1-2H3,(H,16,17,18). The van der Waals surface area contributed by atoms with Gasteiger partial charge in [0.25, 0.3) is 0 Å². The summed E-state index contributed by atoms with van der Waals surface area (Å²) in [5.41, 5.74) is 1.19. The van der Waals surface area contributed by atoms with Gasteiger partial charge in [-0.25, -0.2) is 4.98 Å². The molecule has 2 rings (SSSR count). The van der Waals surface area contributed by atoms with Crippen molar-refractivity contribution < 1.29 is 4.74 Å². The van der Waals surface area contributed by atoms with E-state index in [0.717, 1.165) is 4.47 Å². The molecule has 1 heterocycles. The summed E-state index contributed by atoms with van der Waals surface area (Å²) >= 11 is 3.36. The minimum atomic E-state index is 0.136. The molecule has 2 aromatic rings. The van der Waals surface area contributed by atoms with Gasteiger partial charge in [0.15, 0.2) is 0 Å². The Morgan fingerprint density at radius 3 is 2.74 bits per heavy atom. The van der Waals surface area contributed by atoms with Gasteiger partial charge in [0.1, 0.15) is 0 Å². The van der Waals surface area contributed by atoms with Crippen molar-refractivity contribution in [3.63, 3.8) is 0 Å². The number of aromatic nitrogens is 2. The molecule has 4 nitrogen and oxygen atoms in total. The number of anilines is 1. The van der Waals surface area contributed by atoms with Crippen molar-refractivity contribution in [2.24, 2.45) is 0 Å². The molecule has 1 N–H and O–H groups in total. The first-order chi connectivity index (χ1) is 9.20. The second kappa shape index (κ2) is 6.52. The molecule has 0 amide bonds. The third-order valence-electron chi connectivity index (χ3n) is 2.64. The molecule has 0 spiro atoms. The van der Waals surface area contributed by atoms with Gasteiger partial charge in [-0.3, -0.25) is 0 Å². The van der Waals surface area contributed by atoms with E-state index in [1.54, 1.807) is 6.20 Å². The fourth-order valence-electron chi connectivity index (χ4n) is 1.68. The van der Waals surface area contributed by atoms with Crippen LogP contribution >= 0.6 is 15.9 Å². The average Bonchev–Trinajstić information content (AvgIpc) is 2.44. The molecule has 1 aromatic carbocycles. The summed E-state index contributed by atoms with van der Waals surface area (Å²) in [5.74, 6) is 1.11. The zero-order valence-corrected chi connectivity index (χ0v) is 12.5. The lowest BCUT2D eigenvalue weighted by atomic mass is 10.1. The molecule has 1 aromatic heterocycles. The molecule has 100 valence electrons. The first-order valence-electron chi connectivity index (χ1n) is 6.17. The minimum absolute atomic E-state index is 0.136. The van der Waals surface area contributed by atoms with Gasteiger partial charge >= 0.3 is 0 Å². The lowest BCUT2D eigenvalue weighted by Crippen LogP contribution is -2.10. The van der Waals surface area contributed by atoms with E-state index in [4.69, 9.17) is 4.74 Å². The lowest BCUT2D eigenvalue weighted by Gasteiger charge is -2.15. The Morgan fingerprint density at radius 2 is 2.05 bits per heavy atom. The minimum Gasteiger partial charge on any atom is -0.477 e. The van der Waals surface area contributed by atoms with Gasteiger partial charge in [0.2, 0.25) is 11.8 Å². The summed E-state index contributed by atoms with van der Waals surface area (Å²) in [5, 5.41) is 3.26. The fraction of sp³-hybridized carbons (Fsp3) is 0.286. The highest BCUT2D eigenvalue weighted by Gasteiger charge is 2.09. The Labute approximate surface area is 121 Å². The van der Waals surface area contributed by atoms with E-state index in [9.17, 15) is 0 Å². The van der Waals surface area contributed by atoms with Crippen molar-refractivity contribution in [1.29, 1.82) is 0 Å². The second-order valence-electron chi connectivity index (χ2n) is 4.06. The van der Waals surface area contributed by atoms with Crippen LogP contribution in [0.1, 0.15) is 25.5 Å². The summed E-state index contributed by atoms with van der Waals surface area (Å²) in [6.45, 7) is 4.57. The maximum atomic E-state index is 5.43. The van der Waals surface area contributed by atoms with E-state index in [1.807, 2.05) is 25.1 Å². The van der Waals surface area contributed by atoms with Gasteiger partial charge in [-0.2, -0.15) is 4.98 Å². The summed E-state index contributed by atoms with van der Waals surface area (Å²) in [7, 11) is 0. The first-order valence-corrected chi connectivity index (χ1v) is 6.96. The van der Waals surface area contributed by atoms with Crippen LogP contribution in [-0.2, 0) is 0 Å². The van der Waals surface area contributed by atoms with E-state index in [2.05, 4.69) is 50.3 Å². The van der Waals surface area contributed by atoms with Crippen molar-refractivity contribution in [1.82, 2.24) is 9.97 Å². The molecular formula is C14H16BrN3O. The van der Waals surface area contributed by atoms with Crippen molar-refractivity contribution in [2.45, 2.75) is 19.9 Å². The zero-order valence-electron chi connectivity index (χ0n) is 10.9. The maximum Gasteiger partial charge on any atom is 0.232 e. The molecule has 5 heteroatoms. The van der Waals surface area contributed by atoms with Crippen LogP contribution in [0.2, 0.25) is 0 Å². The third-order valence-corrected chi connectivity index (χ3v) is 3.18. The number of ether oxygens (including phenoxy) is 1. The van der Waals surface area contributed by atoms with Crippen molar-refractivity contribution in [3.8, 4) is 5.88 Å². The number of rotatable bonds is 5. The van der Waals surface area contributed by atoms with Crippen LogP contribution < -0.4 is 10.1 Å². The third kappa shape index (κ3) is 3.67. The highest BCUT2D eigenvalue weighted by atomic mass is 79.9. The molecule has 1 atom stereocenters. The van der Waals surface area contributed by atoms with Crippen LogP contribution in [0.4, 0.5) is 5.95 Å². The molecule has 0 aliphatic carbocycles. The number of nitrogens with zero attached hydrogens (tertiary/aromatic N) is 2. The smallest absolute Gasteiger partial charge is 0.232 e. The van der Waals surface area contributed by atoms with Crippen LogP contribution in [0.15, 0.2) is 41.0 Å². The molecule has 19 heavy (non-hydrogen) atoms. The van der Waals surface area contributed by atoms with Crippen molar-refractivity contribution in [3.05, 3.63) is 46.6 Å². The number of benzene rings is 1. The number of hydrogen-bond acceptors (Lipinski definition) is 4.